The number of nitrogens with zero attached hydrogens (tertiary/aromatic N) is 4. The average Bonchev–Trinajstić information content (AvgIpc) is 3.14. The zero-order chi connectivity index (χ0) is 25.7. The van der Waals surface area contributed by atoms with Gasteiger partial charge in [0.05, 0.1) is 24.6 Å². The highest BCUT2D eigenvalue weighted by molar-refractivity contribution is 5.69. The number of hydrogen-bond acceptors (Lipinski definition) is 8. The molecule has 1 aliphatic heterocycles. The Morgan fingerprint density at radius 3 is 2.86 bits per heavy atom. The molecule has 1 amide bonds. The highest BCUT2D eigenvalue weighted by Crippen LogP contribution is 2.37. The summed E-state index contributed by atoms with van der Waals surface area (Å²) in [5.41, 5.74) is -1.15. The molecule has 11 nitrogen and oxygen atoms in total. The summed E-state index contributed by atoms with van der Waals surface area (Å²) in [5, 5.41) is 12.2. The summed E-state index contributed by atoms with van der Waals surface area (Å²) < 4.78 is 72.0. The fourth-order valence-corrected chi connectivity index (χ4v) is 3.86. The van der Waals surface area contributed by atoms with Crippen LogP contribution in [0.1, 0.15) is 42.8 Å². The van der Waals surface area contributed by atoms with Crippen molar-refractivity contribution in [1.29, 1.82) is 0 Å². The van der Waals surface area contributed by atoms with Crippen LogP contribution in [0, 0.1) is 0 Å². The number of aromatic amines is 1. The van der Waals surface area contributed by atoms with Crippen LogP contribution in [0.2, 0.25) is 0 Å². The number of H-pyrrole nitrogens is 1. The van der Waals surface area contributed by atoms with Crippen molar-refractivity contribution in [2.24, 2.45) is 0 Å². The molecule has 1 saturated heterocycles. The minimum Gasteiger partial charge on any atom is -0.441 e. The Bertz CT molecular complexity index is 1270. The third-order valence-corrected chi connectivity index (χ3v) is 6.03. The number of carbonyl (C=O) groups is 1. The van der Waals surface area contributed by atoms with Crippen LogP contribution < -0.4 is 10.6 Å². The van der Waals surface area contributed by atoms with E-state index in [1.165, 1.54) is 19.4 Å². The molecule has 5 rings (SSSR count). The van der Waals surface area contributed by atoms with E-state index in [0.29, 0.717) is 6.20 Å². The molecule has 36 heavy (non-hydrogen) atoms. The topological polar surface area (TPSA) is 128 Å². The second-order valence-electron chi connectivity index (χ2n) is 9.01. The molecule has 0 bridgehead atoms. The molecular weight excluding hydrogens is 490 g/mol. The van der Waals surface area contributed by atoms with Gasteiger partial charge in [-0.2, -0.15) is 18.3 Å². The summed E-state index contributed by atoms with van der Waals surface area (Å²) in [6, 6.07) is 1.43. The van der Waals surface area contributed by atoms with Gasteiger partial charge in [0.25, 0.3) is 0 Å². The van der Waals surface area contributed by atoms with Gasteiger partial charge in [-0.1, -0.05) is 0 Å². The fraction of sp³-hybridized carbons (Fsp3) is 0.524. The molecule has 0 unspecified atom stereocenters. The first-order valence-corrected chi connectivity index (χ1v) is 11.1. The van der Waals surface area contributed by atoms with Crippen LogP contribution >= 0.6 is 0 Å². The highest BCUT2D eigenvalue weighted by atomic mass is 19.4. The first kappa shape index (κ1) is 24.2. The van der Waals surface area contributed by atoms with Crippen molar-refractivity contribution in [2.45, 2.75) is 56.5 Å². The average molecular weight is 513 g/mol. The van der Waals surface area contributed by atoms with E-state index in [2.05, 4.69) is 30.8 Å². The molecule has 1 saturated carbocycles. The van der Waals surface area contributed by atoms with E-state index >= 15 is 0 Å². The van der Waals surface area contributed by atoms with Gasteiger partial charge in [-0.05, 0) is 19.8 Å². The molecule has 0 radical (unpaired) electrons. The lowest BCUT2D eigenvalue weighted by molar-refractivity contribution is -0.136. The van der Waals surface area contributed by atoms with E-state index in [-0.39, 0.29) is 47.6 Å². The van der Waals surface area contributed by atoms with Crippen molar-refractivity contribution >= 4 is 23.5 Å². The maximum Gasteiger partial charge on any atom is 0.421 e. The minimum atomic E-state index is -4.66. The Hall–Kier alpha value is -3.46. The number of imidazole rings is 1. The molecular formula is C21H23F4N7O4. The number of alkyl halides is 4. The lowest BCUT2D eigenvalue weighted by atomic mass is 10.1. The summed E-state index contributed by atoms with van der Waals surface area (Å²) in [4.78, 5) is 19.9. The molecule has 0 spiro atoms. The monoisotopic (exact) mass is 513 g/mol. The molecule has 3 aromatic rings. The highest BCUT2D eigenvalue weighted by Gasteiger charge is 2.44. The number of hydrogen-bond donors (Lipinski definition) is 3. The van der Waals surface area contributed by atoms with Crippen LogP contribution in [0.5, 0.6) is 0 Å². The quantitative estimate of drug-likeness (QED) is 0.410. The first-order chi connectivity index (χ1) is 17.1. The Morgan fingerprint density at radius 2 is 2.17 bits per heavy atom. The third kappa shape index (κ3) is 4.80. The van der Waals surface area contributed by atoms with Gasteiger partial charge in [-0.15, -0.1) is 0 Å². The number of amides is 1. The number of ether oxygens (including phenoxy) is 3. The Labute approximate surface area is 201 Å². The van der Waals surface area contributed by atoms with Gasteiger partial charge in [0.15, 0.2) is 23.7 Å². The Morgan fingerprint density at radius 1 is 1.39 bits per heavy atom. The number of fused-ring (bicyclic) bond motifs is 1. The lowest BCUT2D eigenvalue weighted by Gasteiger charge is -2.17. The van der Waals surface area contributed by atoms with Crippen LogP contribution in [0.15, 0.2) is 18.5 Å². The van der Waals surface area contributed by atoms with Crippen LogP contribution in [-0.4, -0.2) is 62.2 Å². The molecule has 1 aliphatic carbocycles. The predicted molar refractivity (Wildman–Crippen MR) is 115 cm³/mol. The first-order valence-electron chi connectivity index (χ1n) is 11.1. The molecule has 194 valence electrons. The van der Waals surface area contributed by atoms with Crippen molar-refractivity contribution < 1.29 is 36.6 Å². The van der Waals surface area contributed by atoms with E-state index in [4.69, 9.17) is 14.2 Å². The molecule has 2 fully saturated rings. The van der Waals surface area contributed by atoms with Crippen LogP contribution in [0.3, 0.4) is 0 Å². The number of nitrogens with one attached hydrogen (secondary N) is 3. The summed E-state index contributed by atoms with van der Waals surface area (Å²) in [5.74, 6) is 0.154. The second kappa shape index (κ2) is 8.89. The van der Waals surface area contributed by atoms with E-state index in [1.54, 1.807) is 0 Å². The normalized spacial score (nSPS) is 23.1. The van der Waals surface area contributed by atoms with Crippen molar-refractivity contribution in [3.8, 4) is 0 Å². The summed E-state index contributed by atoms with van der Waals surface area (Å²) >= 11 is 0. The number of halogens is 4. The van der Waals surface area contributed by atoms with Crippen molar-refractivity contribution in [3.05, 3.63) is 35.4 Å². The number of carbonyl (C=O) groups excluding carboxylic acids is 1. The van der Waals surface area contributed by atoms with E-state index < -0.39 is 36.2 Å². The number of aromatic nitrogens is 5. The zero-order valence-electron chi connectivity index (χ0n) is 19.2. The standard InChI is InChI=1S/C21H23F4N7O4/c1-20(3-4-20)29-19(33)36-13-9-35-16(15(13)22)12-5-14(31-30-12)28-18-26-6-11(21(23,24)25)17-27-10(8-34-2)7-32(17)18/h5-7,13,15-16H,3-4,8-9H2,1-2H3,(H,29,33)(H2,26,28,30,31)/t13-,15-,16-/m0/s1. The largest absolute Gasteiger partial charge is 0.441 e. The van der Waals surface area contributed by atoms with Crippen LogP contribution in [0.25, 0.3) is 5.65 Å². The van der Waals surface area contributed by atoms with E-state index in [1.807, 2.05) is 6.92 Å². The smallest absolute Gasteiger partial charge is 0.421 e. The SMILES string of the molecule is COCc1cn2c(Nc3cc([C@@H]4OC[C@H](OC(=O)NC5(C)CC5)[C@@H]4F)[nH]n3)ncc(C(F)(F)F)c2n1. The molecule has 3 atom stereocenters. The minimum absolute atomic E-state index is 0.00138. The van der Waals surface area contributed by atoms with Gasteiger partial charge >= 0.3 is 12.3 Å². The van der Waals surface area contributed by atoms with Crippen molar-refractivity contribution in [1.82, 2.24) is 29.9 Å². The van der Waals surface area contributed by atoms with E-state index in [0.717, 1.165) is 17.2 Å². The van der Waals surface area contributed by atoms with Gasteiger partial charge in [0, 0.05) is 31.1 Å². The summed E-state index contributed by atoms with van der Waals surface area (Å²) in [7, 11) is 1.40. The zero-order valence-corrected chi connectivity index (χ0v) is 19.2. The van der Waals surface area contributed by atoms with Crippen molar-refractivity contribution in [3.63, 3.8) is 0 Å². The fourth-order valence-electron chi connectivity index (χ4n) is 3.86. The predicted octanol–water partition coefficient (Wildman–Crippen LogP) is 3.42. The maximum atomic E-state index is 15.0. The van der Waals surface area contributed by atoms with E-state index in [9.17, 15) is 22.4 Å². The van der Waals surface area contributed by atoms with Gasteiger partial charge in [0.2, 0.25) is 5.95 Å². The number of methoxy groups -OCH3 is 1. The number of rotatable bonds is 7. The van der Waals surface area contributed by atoms with Gasteiger partial charge in [-0.25, -0.2) is 19.2 Å². The van der Waals surface area contributed by atoms with Crippen LogP contribution in [-0.2, 0) is 27.0 Å². The molecule has 4 heterocycles. The van der Waals surface area contributed by atoms with Gasteiger partial charge < -0.3 is 24.8 Å². The Balaban J connectivity index is 1.31. The van der Waals surface area contributed by atoms with Crippen molar-refractivity contribution in [2.75, 3.05) is 19.0 Å². The second-order valence-corrected chi connectivity index (χ2v) is 9.01. The number of anilines is 2. The maximum absolute atomic E-state index is 15.0. The summed E-state index contributed by atoms with van der Waals surface area (Å²) in [6.45, 7) is 1.73. The molecule has 2 aliphatic rings. The molecule has 3 N–H and O–H groups in total. The molecule has 3 aromatic heterocycles. The van der Waals surface area contributed by atoms with Gasteiger partial charge in [0.1, 0.15) is 11.7 Å². The van der Waals surface area contributed by atoms with Crippen LogP contribution in [0.4, 0.5) is 34.1 Å². The Kier molecular flexibility index (Phi) is 5.98. The number of alkyl carbamates (subject to hydrolysis) is 1. The third-order valence-electron chi connectivity index (χ3n) is 6.03. The molecule has 0 aromatic carbocycles. The molecule has 15 heteroatoms. The summed E-state index contributed by atoms with van der Waals surface area (Å²) in [6.07, 6.45) is -5.50. The van der Waals surface area contributed by atoms with Gasteiger partial charge in [-0.3, -0.25) is 9.50 Å². The lowest BCUT2D eigenvalue weighted by Crippen LogP contribution is -2.39.